The molecule has 5 nitrogen and oxygen atoms in total. The molecule has 1 aromatic rings. The number of pyridine rings is 1. The molecule has 0 bridgehead atoms. The molecule has 1 aromatic heterocycles. The van der Waals surface area contributed by atoms with Crippen LogP contribution in [0.2, 0.25) is 0 Å². The Morgan fingerprint density at radius 3 is 3.05 bits per heavy atom. The number of hydrogen-bond donors (Lipinski definition) is 2. The van der Waals surface area contributed by atoms with Crippen molar-refractivity contribution >= 4 is 11.5 Å². The molecule has 1 aliphatic heterocycles. The van der Waals surface area contributed by atoms with Gasteiger partial charge in [0.25, 0.3) is 0 Å². The number of nitrogens with zero attached hydrogens (tertiary/aromatic N) is 1. The van der Waals surface area contributed by atoms with Crippen molar-refractivity contribution in [2.75, 3.05) is 30.8 Å². The van der Waals surface area contributed by atoms with Crippen molar-refractivity contribution in [1.82, 2.24) is 4.98 Å². The van der Waals surface area contributed by atoms with E-state index in [1.54, 1.807) is 0 Å². The van der Waals surface area contributed by atoms with E-state index in [-0.39, 0.29) is 6.10 Å². The van der Waals surface area contributed by atoms with E-state index in [9.17, 15) is 0 Å². The van der Waals surface area contributed by atoms with Gasteiger partial charge in [-0.1, -0.05) is 0 Å². The van der Waals surface area contributed by atoms with Crippen molar-refractivity contribution in [2.45, 2.75) is 32.8 Å². The Hall–Kier alpha value is -1.49. The Bertz CT molecular complexity index is 404. The molecule has 0 spiro atoms. The number of nitrogen functional groups attached to an aromatic ring is 1. The van der Waals surface area contributed by atoms with E-state index >= 15 is 0 Å². The first-order chi connectivity index (χ1) is 9.15. The smallest absolute Gasteiger partial charge is 0.239 e. The summed E-state index contributed by atoms with van der Waals surface area (Å²) in [5.74, 6) is 1.86. The zero-order valence-corrected chi connectivity index (χ0v) is 11.7. The molecule has 2 rings (SSSR count). The fourth-order valence-corrected chi connectivity index (χ4v) is 2.08. The Kier molecular flexibility index (Phi) is 4.85. The second-order valence-electron chi connectivity index (χ2n) is 5.22. The van der Waals surface area contributed by atoms with Crippen LogP contribution in [0.1, 0.15) is 26.7 Å². The Balaban J connectivity index is 1.92. The fraction of sp³-hybridized carbons (Fsp3) is 0.643. The van der Waals surface area contributed by atoms with Gasteiger partial charge < -0.3 is 20.5 Å². The molecule has 0 radical (unpaired) electrons. The van der Waals surface area contributed by atoms with E-state index in [0.717, 1.165) is 32.0 Å². The minimum absolute atomic E-state index is 0.0665. The van der Waals surface area contributed by atoms with Crippen LogP contribution in [0.25, 0.3) is 0 Å². The van der Waals surface area contributed by atoms with Gasteiger partial charge in [0.2, 0.25) is 5.88 Å². The molecule has 1 unspecified atom stereocenters. The van der Waals surface area contributed by atoms with Gasteiger partial charge in [-0.2, -0.15) is 4.98 Å². The number of anilines is 2. The monoisotopic (exact) mass is 265 g/mol. The van der Waals surface area contributed by atoms with Crippen LogP contribution in [0.4, 0.5) is 11.5 Å². The Morgan fingerprint density at radius 2 is 2.37 bits per heavy atom. The molecule has 3 N–H and O–H groups in total. The number of rotatable bonds is 5. The quantitative estimate of drug-likeness (QED) is 0.855. The fourth-order valence-electron chi connectivity index (χ4n) is 2.08. The van der Waals surface area contributed by atoms with E-state index in [2.05, 4.69) is 10.3 Å². The molecule has 0 aliphatic carbocycles. The lowest BCUT2D eigenvalue weighted by Crippen LogP contribution is -2.24. The summed E-state index contributed by atoms with van der Waals surface area (Å²) >= 11 is 0. The third kappa shape index (κ3) is 4.28. The first kappa shape index (κ1) is 13.9. The topological polar surface area (TPSA) is 69.4 Å². The number of aromatic nitrogens is 1. The summed E-state index contributed by atoms with van der Waals surface area (Å²) in [6, 6.07) is 3.70. The standard InChI is InChI=1S/C14H23N3O2/c1-10(2)19-14-12(15)5-6-13(17-14)16-8-11-4-3-7-18-9-11/h5-6,10-11H,3-4,7-9,15H2,1-2H3,(H,16,17). The van der Waals surface area contributed by atoms with Crippen LogP contribution in [0, 0.1) is 5.92 Å². The highest BCUT2D eigenvalue weighted by atomic mass is 16.5. The molecule has 1 aliphatic rings. The van der Waals surface area contributed by atoms with Crippen molar-refractivity contribution < 1.29 is 9.47 Å². The predicted molar refractivity (Wildman–Crippen MR) is 76.4 cm³/mol. The lowest BCUT2D eigenvalue weighted by Gasteiger charge is -2.22. The van der Waals surface area contributed by atoms with Crippen LogP contribution >= 0.6 is 0 Å². The van der Waals surface area contributed by atoms with Crippen LogP contribution in [0.3, 0.4) is 0 Å². The highest BCUT2D eigenvalue weighted by Gasteiger charge is 2.14. The van der Waals surface area contributed by atoms with Gasteiger partial charge in [0.15, 0.2) is 0 Å². The van der Waals surface area contributed by atoms with Crippen LogP contribution in [0.15, 0.2) is 12.1 Å². The molecule has 0 amide bonds. The van der Waals surface area contributed by atoms with Crippen molar-refractivity contribution in [3.63, 3.8) is 0 Å². The minimum atomic E-state index is 0.0665. The molecule has 1 fully saturated rings. The second-order valence-corrected chi connectivity index (χ2v) is 5.22. The van der Waals surface area contributed by atoms with Crippen LogP contribution in [-0.4, -0.2) is 30.8 Å². The molecule has 1 atom stereocenters. The highest BCUT2D eigenvalue weighted by Crippen LogP contribution is 2.22. The first-order valence-electron chi connectivity index (χ1n) is 6.90. The highest BCUT2D eigenvalue weighted by molar-refractivity contribution is 5.53. The van der Waals surface area contributed by atoms with Gasteiger partial charge in [0, 0.05) is 13.2 Å². The maximum Gasteiger partial charge on any atom is 0.239 e. The molecule has 106 valence electrons. The molecule has 1 saturated heterocycles. The Labute approximate surface area is 114 Å². The zero-order chi connectivity index (χ0) is 13.7. The Morgan fingerprint density at radius 1 is 1.53 bits per heavy atom. The third-order valence-corrected chi connectivity index (χ3v) is 3.06. The van der Waals surface area contributed by atoms with Gasteiger partial charge in [0.1, 0.15) is 5.82 Å². The summed E-state index contributed by atoms with van der Waals surface area (Å²) in [4.78, 5) is 4.40. The van der Waals surface area contributed by atoms with E-state index in [1.807, 2.05) is 26.0 Å². The largest absolute Gasteiger partial charge is 0.473 e. The van der Waals surface area contributed by atoms with Gasteiger partial charge >= 0.3 is 0 Å². The van der Waals surface area contributed by atoms with E-state index in [1.165, 1.54) is 6.42 Å². The van der Waals surface area contributed by atoms with E-state index in [0.29, 0.717) is 17.5 Å². The van der Waals surface area contributed by atoms with Gasteiger partial charge in [-0.15, -0.1) is 0 Å². The molecule has 2 heterocycles. The normalized spacial score (nSPS) is 19.4. The van der Waals surface area contributed by atoms with Gasteiger partial charge in [-0.3, -0.25) is 0 Å². The number of nitrogens with one attached hydrogen (secondary N) is 1. The predicted octanol–water partition coefficient (Wildman–Crippen LogP) is 2.29. The molecule has 0 aromatic carbocycles. The van der Waals surface area contributed by atoms with Crippen LogP contribution in [-0.2, 0) is 4.74 Å². The van der Waals surface area contributed by atoms with Gasteiger partial charge in [-0.05, 0) is 44.7 Å². The molecule has 5 heteroatoms. The summed E-state index contributed by atoms with van der Waals surface area (Å²) in [6.45, 7) is 6.51. The maximum absolute atomic E-state index is 5.84. The lowest BCUT2D eigenvalue weighted by molar-refractivity contribution is 0.0595. The van der Waals surface area contributed by atoms with Crippen molar-refractivity contribution in [3.8, 4) is 5.88 Å². The summed E-state index contributed by atoms with van der Waals surface area (Å²) in [6.07, 6.45) is 2.41. The molecule has 0 saturated carbocycles. The maximum atomic E-state index is 5.84. The second kappa shape index (κ2) is 6.61. The number of nitrogens with two attached hydrogens (primary N) is 1. The molecule has 19 heavy (non-hydrogen) atoms. The average Bonchev–Trinajstić information content (AvgIpc) is 2.40. The summed E-state index contributed by atoms with van der Waals surface area (Å²) in [7, 11) is 0. The summed E-state index contributed by atoms with van der Waals surface area (Å²) in [5, 5.41) is 3.33. The zero-order valence-electron chi connectivity index (χ0n) is 11.7. The molecular formula is C14H23N3O2. The van der Waals surface area contributed by atoms with Crippen LogP contribution in [0.5, 0.6) is 5.88 Å². The van der Waals surface area contributed by atoms with E-state index in [4.69, 9.17) is 15.2 Å². The number of ether oxygens (including phenoxy) is 2. The average molecular weight is 265 g/mol. The van der Waals surface area contributed by atoms with Crippen molar-refractivity contribution in [3.05, 3.63) is 12.1 Å². The van der Waals surface area contributed by atoms with Crippen molar-refractivity contribution in [2.24, 2.45) is 5.92 Å². The van der Waals surface area contributed by atoms with Gasteiger partial charge in [-0.25, -0.2) is 0 Å². The lowest BCUT2D eigenvalue weighted by atomic mass is 10.0. The SMILES string of the molecule is CC(C)Oc1nc(NCC2CCCOC2)ccc1N. The number of hydrogen-bond acceptors (Lipinski definition) is 5. The summed E-state index contributed by atoms with van der Waals surface area (Å²) < 4.78 is 11.0. The van der Waals surface area contributed by atoms with Gasteiger partial charge in [0.05, 0.1) is 18.4 Å². The molecular weight excluding hydrogens is 242 g/mol. The minimum Gasteiger partial charge on any atom is -0.473 e. The first-order valence-corrected chi connectivity index (χ1v) is 6.90. The van der Waals surface area contributed by atoms with Crippen molar-refractivity contribution in [1.29, 1.82) is 0 Å². The van der Waals surface area contributed by atoms with E-state index < -0.39 is 0 Å². The van der Waals surface area contributed by atoms with Crippen LogP contribution < -0.4 is 15.8 Å². The third-order valence-electron chi connectivity index (χ3n) is 3.06. The summed E-state index contributed by atoms with van der Waals surface area (Å²) in [5.41, 5.74) is 6.41.